The lowest BCUT2D eigenvalue weighted by molar-refractivity contribution is -0.168. The smallest absolute Gasteiger partial charge is 0.282 e. The van der Waals surface area contributed by atoms with Crippen LogP contribution in [-0.2, 0) is 20.9 Å². The van der Waals surface area contributed by atoms with E-state index in [4.69, 9.17) is 0 Å². The Morgan fingerprint density at radius 3 is 2.37 bits per heavy atom. The van der Waals surface area contributed by atoms with Crippen LogP contribution in [0.3, 0.4) is 0 Å². The summed E-state index contributed by atoms with van der Waals surface area (Å²) in [6.07, 6.45) is 6.21. The van der Waals surface area contributed by atoms with Gasteiger partial charge >= 0.3 is 0 Å². The molecule has 9 nitrogen and oxygen atoms in total. The molecule has 0 bridgehead atoms. The molecular formula is C31H40F3N5O4. The van der Waals surface area contributed by atoms with Gasteiger partial charge in [0, 0.05) is 37.4 Å². The minimum Gasteiger partial charge on any atom is -0.344 e. The Kier molecular flexibility index (Phi) is 10.3. The summed E-state index contributed by atoms with van der Waals surface area (Å²) >= 11 is 0. The van der Waals surface area contributed by atoms with Gasteiger partial charge in [-0.3, -0.25) is 23.9 Å². The Balaban J connectivity index is 1.51. The van der Waals surface area contributed by atoms with Gasteiger partial charge in [-0.1, -0.05) is 39.2 Å². The fraction of sp³-hybridized carbons (Fsp3) is 0.581. The van der Waals surface area contributed by atoms with Gasteiger partial charge in [-0.15, -0.1) is 0 Å². The number of alkyl halides is 2. The molecule has 3 atom stereocenters. The van der Waals surface area contributed by atoms with E-state index in [0.29, 0.717) is 17.8 Å². The molecule has 2 aromatic rings. The van der Waals surface area contributed by atoms with Crippen LogP contribution in [0.5, 0.6) is 0 Å². The predicted molar refractivity (Wildman–Crippen MR) is 154 cm³/mol. The molecule has 12 heteroatoms. The van der Waals surface area contributed by atoms with E-state index in [-0.39, 0.29) is 30.2 Å². The molecule has 4 rings (SSSR count). The summed E-state index contributed by atoms with van der Waals surface area (Å²) in [5.74, 6) is -6.86. The van der Waals surface area contributed by atoms with Gasteiger partial charge in [0.15, 0.2) is 5.78 Å². The lowest BCUT2D eigenvalue weighted by Gasteiger charge is -2.41. The monoisotopic (exact) mass is 603 g/mol. The molecule has 234 valence electrons. The minimum atomic E-state index is -2.97. The second-order valence-electron chi connectivity index (χ2n) is 11.6. The molecule has 1 aliphatic heterocycles. The highest BCUT2D eigenvalue weighted by Gasteiger charge is 2.48. The second kappa shape index (κ2) is 13.7. The molecule has 1 aromatic heterocycles. The van der Waals surface area contributed by atoms with Crippen LogP contribution in [0, 0.1) is 17.7 Å². The summed E-state index contributed by atoms with van der Waals surface area (Å²) in [7, 11) is 0. The van der Waals surface area contributed by atoms with Gasteiger partial charge in [-0.05, 0) is 49.4 Å². The lowest BCUT2D eigenvalue weighted by Crippen LogP contribution is -2.63. The fourth-order valence-corrected chi connectivity index (χ4v) is 6.01. The molecule has 1 aliphatic carbocycles. The van der Waals surface area contributed by atoms with Gasteiger partial charge in [-0.25, -0.2) is 13.2 Å². The quantitative estimate of drug-likeness (QED) is 0.334. The standard InChI is InChI=1S/C31H40F3N5O4/c1-4-27(41)37-28(30(43)38-17-31(33,34)18-38)19(3)21-11-12-24(23(32)15-21)36-29(42)22(20-9-7-6-8-10-20)16-26(40)25-13-14-35-39(25)5-2/h11-15,19-20,22,28H,4-10,16-18H2,1-3H3,(H,36,42)(H,37,41)/t19-,22-,28+/m0/s1. The van der Waals surface area contributed by atoms with Crippen molar-refractivity contribution >= 4 is 29.2 Å². The molecule has 1 saturated carbocycles. The van der Waals surface area contributed by atoms with Gasteiger partial charge in [0.2, 0.25) is 17.7 Å². The molecule has 0 radical (unpaired) electrons. The van der Waals surface area contributed by atoms with Crippen molar-refractivity contribution in [2.45, 2.75) is 90.1 Å². The first kappa shape index (κ1) is 32.2. The van der Waals surface area contributed by atoms with Crippen molar-refractivity contribution in [1.82, 2.24) is 20.0 Å². The molecule has 2 fully saturated rings. The number of likely N-dealkylation sites (tertiary alicyclic amines) is 1. The number of nitrogens with zero attached hydrogens (tertiary/aromatic N) is 3. The average molecular weight is 604 g/mol. The van der Waals surface area contributed by atoms with Crippen molar-refractivity contribution in [3.05, 3.63) is 47.5 Å². The van der Waals surface area contributed by atoms with E-state index in [1.165, 1.54) is 18.2 Å². The second-order valence-corrected chi connectivity index (χ2v) is 11.6. The number of Topliss-reactive ketones (excluding diaryl/α,β-unsaturated/α-hetero) is 1. The summed E-state index contributed by atoms with van der Waals surface area (Å²) in [6.45, 7) is 4.13. The van der Waals surface area contributed by atoms with E-state index < -0.39 is 60.4 Å². The van der Waals surface area contributed by atoms with Gasteiger partial charge < -0.3 is 15.5 Å². The number of nitrogens with one attached hydrogen (secondary N) is 2. The first-order valence-corrected chi connectivity index (χ1v) is 15.0. The Hall–Kier alpha value is -3.70. The van der Waals surface area contributed by atoms with Gasteiger partial charge in [0.05, 0.1) is 18.8 Å². The number of carbonyl (C=O) groups excluding carboxylic acids is 4. The fourth-order valence-electron chi connectivity index (χ4n) is 6.01. The number of benzene rings is 1. The Morgan fingerprint density at radius 2 is 1.77 bits per heavy atom. The Labute approximate surface area is 249 Å². The number of hydrogen-bond acceptors (Lipinski definition) is 5. The highest BCUT2D eigenvalue weighted by molar-refractivity contribution is 6.00. The molecule has 0 unspecified atom stereocenters. The van der Waals surface area contributed by atoms with Crippen LogP contribution in [0.25, 0.3) is 0 Å². The van der Waals surface area contributed by atoms with E-state index in [0.717, 1.165) is 37.0 Å². The number of aryl methyl sites for hydroxylation is 1. The van der Waals surface area contributed by atoms with Crippen LogP contribution in [0.1, 0.15) is 87.7 Å². The van der Waals surface area contributed by atoms with Crippen LogP contribution in [-0.4, -0.2) is 63.2 Å². The molecule has 2 N–H and O–H groups in total. The predicted octanol–water partition coefficient (Wildman–Crippen LogP) is 4.93. The van der Waals surface area contributed by atoms with Crippen LogP contribution in [0.4, 0.5) is 18.9 Å². The van der Waals surface area contributed by atoms with E-state index in [1.807, 2.05) is 6.92 Å². The summed E-state index contributed by atoms with van der Waals surface area (Å²) < 4.78 is 43.9. The molecule has 1 aromatic carbocycles. The number of rotatable bonds is 12. The molecule has 43 heavy (non-hydrogen) atoms. The van der Waals surface area contributed by atoms with Crippen molar-refractivity contribution in [3.63, 3.8) is 0 Å². The van der Waals surface area contributed by atoms with Crippen LogP contribution < -0.4 is 10.6 Å². The van der Waals surface area contributed by atoms with Gasteiger partial charge in [0.25, 0.3) is 5.92 Å². The van der Waals surface area contributed by atoms with E-state index in [1.54, 1.807) is 30.8 Å². The highest BCUT2D eigenvalue weighted by Crippen LogP contribution is 2.35. The number of anilines is 1. The maximum Gasteiger partial charge on any atom is 0.282 e. The zero-order chi connectivity index (χ0) is 31.3. The third kappa shape index (κ3) is 7.64. The number of ketones is 1. The van der Waals surface area contributed by atoms with Gasteiger partial charge in [0.1, 0.15) is 17.6 Å². The van der Waals surface area contributed by atoms with E-state index >= 15 is 4.39 Å². The van der Waals surface area contributed by atoms with Crippen molar-refractivity contribution in [1.29, 1.82) is 0 Å². The SMILES string of the molecule is CCC(=O)N[C@@H](C(=O)N1CC(F)(F)C1)[C@@H](C)c1ccc(NC(=O)[C@@H](CC(=O)c2ccnn2CC)C2CCCCC2)c(F)c1. The summed E-state index contributed by atoms with van der Waals surface area (Å²) in [6, 6.07) is 4.56. The minimum absolute atomic E-state index is 0.0131. The van der Waals surface area contributed by atoms with Crippen molar-refractivity contribution in [3.8, 4) is 0 Å². The number of halogens is 3. The largest absolute Gasteiger partial charge is 0.344 e. The third-order valence-electron chi connectivity index (χ3n) is 8.60. The number of hydrogen-bond donors (Lipinski definition) is 2. The van der Waals surface area contributed by atoms with Gasteiger partial charge in [-0.2, -0.15) is 5.10 Å². The van der Waals surface area contributed by atoms with Crippen LogP contribution in [0.2, 0.25) is 0 Å². The maximum atomic E-state index is 15.4. The van der Waals surface area contributed by atoms with Crippen molar-refractivity contribution < 1.29 is 32.3 Å². The zero-order valence-corrected chi connectivity index (χ0v) is 24.9. The van der Waals surface area contributed by atoms with E-state index in [9.17, 15) is 28.0 Å². The summed E-state index contributed by atoms with van der Waals surface area (Å²) in [5, 5.41) is 9.42. The maximum absolute atomic E-state index is 15.4. The average Bonchev–Trinajstić information content (AvgIpc) is 3.47. The normalized spacial score (nSPS) is 18.7. The Bertz CT molecular complexity index is 1330. The molecule has 2 heterocycles. The first-order valence-electron chi connectivity index (χ1n) is 15.0. The highest BCUT2D eigenvalue weighted by atomic mass is 19.3. The lowest BCUT2D eigenvalue weighted by atomic mass is 9.77. The molecule has 0 spiro atoms. The van der Waals surface area contributed by atoms with Crippen molar-refractivity contribution in [2.24, 2.45) is 11.8 Å². The molecular weight excluding hydrogens is 563 g/mol. The number of carbonyl (C=O) groups is 4. The van der Waals surface area contributed by atoms with E-state index in [2.05, 4.69) is 15.7 Å². The molecule has 3 amide bonds. The third-order valence-corrected chi connectivity index (χ3v) is 8.60. The molecule has 2 aliphatic rings. The number of amides is 3. The number of aromatic nitrogens is 2. The summed E-state index contributed by atoms with van der Waals surface area (Å²) in [4.78, 5) is 52.9. The molecule has 1 saturated heterocycles. The van der Waals surface area contributed by atoms with Crippen LogP contribution >= 0.6 is 0 Å². The zero-order valence-electron chi connectivity index (χ0n) is 24.9. The first-order chi connectivity index (χ1) is 20.4. The van der Waals surface area contributed by atoms with Crippen molar-refractivity contribution in [2.75, 3.05) is 18.4 Å². The van der Waals surface area contributed by atoms with Crippen LogP contribution in [0.15, 0.2) is 30.5 Å². The topological polar surface area (TPSA) is 113 Å². The Morgan fingerprint density at radius 1 is 1.07 bits per heavy atom. The summed E-state index contributed by atoms with van der Waals surface area (Å²) in [5.41, 5.74) is 0.710.